The van der Waals surface area contributed by atoms with Gasteiger partial charge in [-0.3, -0.25) is 9.59 Å². The molecule has 1 heterocycles. The number of nitrogens with two attached hydrogens (primary N) is 1. The summed E-state index contributed by atoms with van der Waals surface area (Å²) in [5, 5.41) is 2.64. The molecule has 0 aliphatic carbocycles. The molecule has 31 heavy (non-hydrogen) atoms. The van der Waals surface area contributed by atoms with E-state index >= 15 is 0 Å². The van der Waals surface area contributed by atoms with Crippen molar-refractivity contribution in [3.05, 3.63) is 65.2 Å². The molecule has 1 atom stereocenters. The fourth-order valence-electron chi connectivity index (χ4n) is 3.47. The van der Waals surface area contributed by atoms with E-state index in [9.17, 15) is 18.0 Å². The molecule has 0 saturated carbocycles. The monoisotopic (exact) mass is 445 g/mol. The lowest BCUT2D eigenvalue weighted by Crippen LogP contribution is -2.46. The molecule has 166 valence electrons. The van der Waals surface area contributed by atoms with Gasteiger partial charge in [0.1, 0.15) is 6.04 Å². The van der Waals surface area contributed by atoms with Gasteiger partial charge in [0.05, 0.1) is 18.1 Å². The first-order valence-electron chi connectivity index (χ1n) is 10.2. The van der Waals surface area contributed by atoms with Gasteiger partial charge in [-0.1, -0.05) is 43.3 Å². The van der Waals surface area contributed by atoms with Crippen LogP contribution in [0.2, 0.25) is 0 Å². The Bertz CT molecular complexity index is 1030. The molecule has 3 rings (SSSR count). The van der Waals surface area contributed by atoms with Gasteiger partial charge in [0.2, 0.25) is 15.9 Å². The number of hydrogen-bond acceptors (Lipinski definition) is 5. The first-order chi connectivity index (χ1) is 14.8. The van der Waals surface area contributed by atoms with E-state index in [4.69, 9.17) is 10.5 Å². The summed E-state index contributed by atoms with van der Waals surface area (Å²) in [5.74, 6) is -1.22. The van der Waals surface area contributed by atoms with E-state index < -0.39 is 27.9 Å². The van der Waals surface area contributed by atoms with Gasteiger partial charge in [0.15, 0.2) is 0 Å². The zero-order valence-electron chi connectivity index (χ0n) is 17.4. The topological polar surface area (TPSA) is 119 Å². The molecule has 2 aromatic rings. The van der Waals surface area contributed by atoms with Crippen molar-refractivity contribution in [3.63, 3.8) is 0 Å². The Hall–Kier alpha value is -2.75. The summed E-state index contributed by atoms with van der Waals surface area (Å²) in [4.78, 5) is 24.9. The van der Waals surface area contributed by atoms with Gasteiger partial charge in [-0.05, 0) is 29.7 Å². The molecule has 1 unspecified atom stereocenters. The molecule has 1 aliphatic heterocycles. The van der Waals surface area contributed by atoms with E-state index in [2.05, 4.69) is 5.32 Å². The smallest absolute Gasteiger partial charge is 0.251 e. The fraction of sp³-hybridized carbons (Fsp3) is 0.364. The van der Waals surface area contributed by atoms with Crippen LogP contribution in [0.1, 0.15) is 28.4 Å². The van der Waals surface area contributed by atoms with E-state index in [-0.39, 0.29) is 30.0 Å². The minimum Gasteiger partial charge on any atom is -0.379 e. The van der Waals surface area contributed by atoms with Crippen molar-refractivity contribution in [2.75, 3.05) is 26.3 Å². The Morgan fingerprint density at radius 3 is 2.42 bits per heavy atom. The third kappa shape index (κ3) is 5.49. The standard InChI is InChI=1S/C22H27N3O5S/c1-2-17-8-9-18(15-20(17)31(28,29)25-10-12-30-13-11-25)22(27)24-19(21(23)26)14-16-6-4-3-5-7-16/h3-9,15,19H,2,10-14H2,1H3,(H2,23,26)(H,24,27). The van der Waals surface area contributed by atoms with Gasteiger partial charge < -0.3 is 15.8 Å². The Balaban J connectivity index is 1.85. The number of rotatable bonds is 8. The number of morpholine rings is 1. The first-order valence-corrected chi connectivity index (χ1v) is 11.6. The highest BCUT2D eigenvalue weighted by atomic mass is 32.2. The van der Waals surface area contributed by atoms with E-state index in [0.717, 1.165) is 5.56 Å². The van der Waals surface area contributed by atoms with Crippen LogP contribution in [0.15, 0.2) is 53.4 Å². The average Bonchev–Trinajstić information content (AvgIpc) is 2.79. The third-order valence-electron chi connectivity index (χ3n) is 5.23. The zero-order chi connectivity index (χ0) is 22.4. The van der Waals surface area contributed by atoms with Crippen LogP contribution >= 0.6 is 0 Å². The highest BCUT2D eigenvalue weighted by Gasteiger charge is 2.29. The molecule has 0 bridgehead atoms. The van der Waals surface area contributed by atoms with Crippen molar-refractivity contribution in [1.82, 2.24) is 9.62 Å². The van der Waals surface area contributed by atoms with Gasteiger partial charge in [0, 0.05) is 25.1 Å². The number of hydrogen-bond donors (Lipinski definition) is 2. The highest BCUT2D eigenvalue weighted by Crippen LogP contribution is 2.23. The molecule has 0 radical (unpaired) electrons. The Morgan fingerprint density at radius 2 is 1.81 bits per heavy atom. The third-order valence-corrected chi connectivity index (χ3v) is 7.21. The molecule has 0 aromatic heterocycles. The van der Waals surface area contributed by atoms with Crippen LogP contribution in [0.5, 0.6) is 0 Å². The van der Waals surface area contributed by atoms with Crippen LogP contribution in [0.4, 0.5) is 0 Å². The molecule has 2 amide bonds. The highest BCUT2D eigenvalue weighted by molar-refractivity contribution is 7.89. The van der Waals surface area contributed by atoms with Crippen molar-refractivity contribution in [1.29, 1.82) is 0 Å². The van der Waals surface area contributed by atoms with Crippen LogP contribution in [0, 0.1) is 0 Å². The summed E-state index contributed by atoms with van der Waals surface area (Å²) >= 11 is 0. The maximum atomic E-state index is 13.2. The second kappa shape index (κ2) is 10.0. The number of carbonyl (C=O) groups excluding carboxylic acids is 2. The largest absolute Gasteiger partial charge is 0.379 e. The molecule has 1 aliphatic rings. The Morgan fingerprint density at radius 1 is 1.13 bits per heavy atom. The predicted molar refractivity (Wildman–Crippen MR) is 116 cm³/mol. The van der Waals surface area contributed by atoms with Crippen LogP contribution in [0.25, 0.3) is 0 Å². The fourth-order valence-corrected chi connectivity index (χ4v) is 5.20. The number of carbonyl (C=O) groups is 2. The van der Waals surface area contributed by atoms with Crippen molar-refractivity contribution >= 4 is 21.8 Å². The van der Waals surface area contributed by atoms with Crippen LogP contribution < -0.4 is 11.1 Å². The summed E-state index contributed by atoms with van der Waals surface area (Å²) in [6.07, 6.45) is 0.743. The molecule has 1 fully saturated rings. The quantitative estimate of drug-likeness (QED) is 0.631. The SMILES string of the molecule is CCc1ccc(C(=O)NC(Cc2ccccc2)C(N)=O)cc1S(=O)(=O)N1CCOCC1. The lowest BCUT2D eigenvalue weighted by atomic mass is 10.0. The summed E-state index contributed by atoms with van der Waals surface area (Å²) in [5.41, 5.74) is 7.12. The van der Waals surface area contributed by atoms with Gasteiger partial charge >= 0.3 is 0 Å². The van der Waals surface area contributed by atoms with Crippen LogP contribution in [-0.4, -0.2) is 56.9 Å². The molecular weight excluding hydrogens is 418 g/mol. The number of aryl methyl sites for hydroxylation is 1. The van der Waals surface area contributed by atoms with E-state index in [1.54, 1.807) is 12.1 Å². The lowest BCUT2D eigenvalue weighted by molar-refractivity contribution is -0.119. The maximum absolute atomic E-state index is 13.2. The summed E-state index contributed by atoms with van der Waals surface area (Å²) in [6.45, 7) is 3.06. The van der Waals surface area contributed by atoms with Crippen LogP contribution in [-0.2, 0) is 32.4 Å². The molecule has 3 N–H and O–H groups in total. The average molecular weight is 446 g/mol. The van der Waals surface area contributed by atoms with Crippen molar-refractivity contribution in [2.24, 2.45) is 5.73 Å². The number of benzene rings is 2. The van der Waals surface area contributed by atoms with Crippen molar-refractivity contribution in [2.45, 2.75) is 30.7 Å². The first kappa shape index (κ1) is 22.9. The van der Waals surface area contributed by atoms with Crippen molar-refractivity contribution in [3.8, 4) is 0 Å². The van der Waals surface area contributed by atoms with Gasteiger partial charge in [-0.15, -0.1) is 0 Å². The molecule has 1 saturated heterocycles. The van der Waals surface area contributed by atoms with E-state index in [0.29, 0.717) is 25.2 Å². The van der Waals surface area contributed by atoms with Gasteiger partial charge in [0.25, 0.3) is 5.91 Å². The number of nitrogens with zero attached hydrogens (tertiary/aromatic N) is 1. The molecule has 9 heteroatoms. The Kier molecular flexibility index (Phi) is 7.42. The second-order valence-corrected chi connectivity index (χ2v) is 9.22. The maximum Gasteiger partial charge on any atom is 0.251 e. The summed E-state index contributed by atoms with van der Waals surface area (Å²) < 4.78 is 33.0. The van der Waals surface area contributed by atoms with Gasteiger partial charge in [-0.25, -0.2) is 8.42 Å². The van der Waals surface area contributed by atoms with E-state index in [1.165, 1.54) is 10.4 Å². The van der Waals surface area contributed by atoms with Crippen molar-refractivity contribution < 1.29 is 22.7 Å². The van der Waals surface area contributed by atoms with Crippen LogP contribution in [0.3, 0.4) is 0 Å². The lowest BCUT2D eigenvalue weighted by Gasteiger charge is -2.27. The second-order valence-electron chi connectivity index (χ2n) is 7.31. The molecule has 0 spiro atoms. The molecule has 8 nitrogen and oxygen atoms in total. The van der Waals surface area contributed by atoms with Gasteiger partial charge in [-0.2, -0.15) is 4.31 Å². The minimum atomic E-state index is -3.77. The number of amides is 2. The normalized spacial score (nSPS) is 15.9. The molecular formula is C22H27N3O5S. The number of primary amides is 1. The number of sulfonamides is 1. The zero-order valence-corrected chi connectivity index (χ0v) is 18.2. The number of nitrogens with one attached hydrogen (secondary N) is 1. The minimum absolute atomic E-state index is 0.100. The van der Waals surface area contributed by atoms with E-state index in [1.807, 2.05) is 37.3 Å². The Labute approximate surface area is 182 Å². The number of ether oxygens (including phenoxy) is 1. The predicted octanol–water partition coefficient (Wildman–Crippen LogP) is 1.10. The summed E-state index contributed by atoms with van der Waals surface area (Å²) in [7, 11) is -3.77. The summed E-state index contributed by atoms with van der Waals surface area (Å²) in [6, 6.07) is 12.9. The molecule has 2 aromatic carbocycles.